The Labute approximate surface area is 102 Å². The summed E-state index contributed by atoms with van der Waals surface area (Å²) in [5.74, 6) is 0.108. The molecule has 1 saturated carbocycles. The van der Waals surface area contributed by atoms with Crippen LogP contribution in [-0.4, -0.2) is 27.8 Å². The molecule has 4 nitrogen and oxygen atoms in total. The molecule has 1 aromatic heterocycles. The highest BCUT2D eigenvalue weighted by Crippen LogP contribution is 2.36. The van der Waals surface area contributed by atoms with Crippen LogP contribution in [-0.2, 0) is 11.3 Å². The van der Waals surface area contributed by atoms with Gasteiger partial charge in [0.1, 0.15) is 11.3 Å². The normalized spacial score (nSPS) is 18.5. The van der Waals surface area contributed by atoms with Crippen molar-refractivity contribution >= 4 is 5.78 Å². The van der Waals surface area contributed by atoms with Gasteiger partial charge in [-0.25, -0.2) is 0 Å². The van der Waals surface area contributed by atoms with Crippen molar-refractivity contribution < 1.29 is 9.53 Å². The SMILES string of the molecule is CCOC1(C(=O)c2ccnn2CC)CCCC1. The minimum absolute atomic E-state index is 0.108. The fraction of sp³-hybridized carbons (Fsp3) is 0.692. The van der Waals surface area contributed by atoms with E-state index in [0.717, 1.165) is 32.2 Å². The van der Waals surface area contributed by atoms with Crippen molar-refractivity contribution in [3.05, 3.63) is 18.0 Å². The minimum Gasteiger partial charge on any atom is -0.367 e. The first kappa shape index (κ1) is 12.3. The van der Waals surface area contributed by atoms with Gasteiger partial charge in [0.2, 0.25) is 5.78 Å². The van der Waals surface area contributed by atoms with Crippen LogP contribution in [0.1, 0.15) is 50.0 Å². The molecule has 0 N–H and O–H groups in total. The molecule has 4 heteroatoms. The van der Waals surface area contributed by atoms with Crippen molar-refractivity contribution in [2.75, 3.05) is 6.61 Å². The van der Waals surface area contributed by atoms with Gasteiger partial charge in [0, 0.05) is 19.3 Å². The summed E-state index contributed by atoms with van der Waals surface area (Å²) in [5, 5.41) is 4.16. The zero-order valence-electron chi connectivity index (χ0n) is 10.6. The van der Waals surface area contributed by atoms with Crippen LogP contribution >= 0.6 is 0 Å². The highest BCUT2D eigenvalue weighted by molar-refractivity contribution is 6.01. The molecule has 0 saturated heterocycles. The summed E-state index contributed by atoms with van der Waals surface area (Å²) in [7, 11) is 0. The lowest BCUT2D eigenvalue weighted by Gasteiger charge is -2.27. The monoisotopic (exact) mass is 236 g/mol. The van der Waals surface area contributed by atoms with Crippen LogP contribution in [0.5, 0.6) is 0 Å². The van der Waals surface area contributed by atoms with Gasteiger partial charge in [-0.3, -0.25) is 9.48 Å². The Kier molecular flexibility index (Phi) is 3.62. The maximum atomic E-state index is 12.6. The number of nitrogens with zero attached hydrogens (tertiary/aromatic N) is 2. The molecule has 0 spiro atoms. The van der Waals surface area contributed by atoms with Crippen molar-refractivity contribution in [1.29, 1.82) is 0 Å². The van der Waals surface area contributed by atoms with Crippen molar-refractivity contribution in [1.82, 2.24) is 9.78 Å². The smallest absolute Gasteiger partial charge is 0.212 e. The van der Waals surface area contributed by atoms with E-state index in [9.17, 15) is 4.79 Å². The molecule has 0 atom stereocenters. The number of ether oxygens (including phenoxy) is 1. The van der Waals surface area contributed by atoms with E-state index in [-0.39, 0.29) is 5.78 Å². The maximum absolute atomic E-state index is 12.6. The van der Waals surface area contributed by atoms with E-state index in [1.165, 1.54) is 0 Å². The lowest BCUT2D eigenvalue weighted by molar-refractivity contribution is -0.0170. The van der Waals surface area contributed by atoms with E-state index in [4.69, 9.17) is 4.74 Å². The third kappa shape index (κ3) is 2.14. The average molecular weight is 236 g/mol. The van der Waals surface area contributed by atoms with Gasteiger partial charge in [0.05, 0.1) is 0 Å². The first-order valence-corrected chi connectivity index (χ1v) is 6.44. The van der Waals surface area contributed by atoms with Gasteiger partial charge >= 0.3 is 0 Å². The highest BCUT2D eigenvalue weighted by Gasteiger charge is 2.43. The van der Waals surface area contributed by atoms with Crippen LogP contribution < -0.4 is 0 Å². The first-order valence-electron chi connectivity index (χ1n) is 6.44. The number of carbonyl (C=O) groups excluding carboxylic acids is 1. The third-order valence-electron chi connectivity index (χ3n) is 3.49. The van der Waals surface area contributed by atoms with Crippen LogP contribution in [0.2, 0.25) is 0 Å². The van der Waals surface area contributed by atoms with Crippen LogP contribution in [0, 0.1) is 0 Å². The Morgan fingerprint density at radius 2 is 2.18 bits per heavy atom. The molecule has 94 valence electrons. The summed E-state index contributed by atoms with van der Waals surface area (Å²) in [6.07, 6.45) is 5.52. The second kappa shape index (κ2) is 5.00. The van der Waals surface area contributed by atoms with Gasteiger partial charge in [-0.15, -0.1) is 0 Å². The summed E-state index contributed by atoms with van der Waals surface area (Å²) < 4.78 is 7.54. The number of Topliss-reactive ketones (excluding diaryl/α,β-unsaturated/α-hetero) is 1. The molecular formula is C13H20N2O2. The van der Waals surface area contributed by atoms with E-state index >= 15 is 0 Å². The molecule has 1 aliphatic rings. The standard InChI is InChI=1S/C13H20N2O2/c1-3-15-11(7-10-14-15)12(16)13(17-4-2)8-5-6-9-13/h7,10H,3-6,8-9H2,1-2H3. The molecule has 1 aliphatic carbocycles. The summed E-state index contributed by atoms with van der Waals surface area (Å²) >= 11 is 0. The largest absolute Gasteiger partial charge is 0.367 e. The zero-order chi connectivity index (χ0) is 12.3. The Morgan fingerprint density at radius 1 is 1.47 bits per heavy atom. The molecule has 1 fully saturated rings. The quantitative estimate of drug-likeness (QED) is 0.737. The van der Waals surface area contributed by atoms with Crippen LogP contribution in [0.3, 0.4) is 0 Å². The molecule has 0 bridgehead atoms. The molecular weight excluding hydrogens is 216 g/mol. The average Bonchev–Trinajstić information content (AvgIpc) is 2.97. The van der Waals surface area contributed by atoms with E-state index in [0.29, 0.717) is 12.3 Å². The van der Waals surface area contributed by atoms with Gasteiger partial charge in [-0.2, -0.15) is 5.10 Å². The number of aryl methyl sites for hydroxylation is 1. The Hall–Kier alpha value is -1.16. The fourth-order valence-electron chi connectivity index (χ4n) is 2.67. The van der Waals surface area contributed by atoms with Crippen molar-refractivity contribution in [2.24, 2.45) is 0 Å². The maximum Gasteiger partial charge on any atom is 0.212 e. The molecule has 0 radical (unpaired) electrons. The Balaban J connectivity index is 2.28. The van der Waals surface area contributed by atoms with Crippen LogP contribution in [0.4, 0.5) is 0 Å². The van der Waals surface area contributed by atoms with Crippen molar-refractivity contribution in [3.63, 3.8) is 0 Å². The number of rotatable bonds is 5. The zero-order valence-corrected chi connectivity index (χ0v) is 10.6. The summed E-state index contributed by atoms with van der Waals surface area (Å²) in [4.78, 5) is 12.6. The number of hydrogen-bond donors (Lipinski definition) is 0. The van der Waals surface area contributed by atoms with Gasteiger partial charge < -0.3 is 4.74 Å². The van der Waals surface area contributed by atoms with Crippen molar-refractivity contribution in [2.45, 2.75) is 51.7 Å². The van der Waals surface area contributed by atoms with Gasteiger partial charge in [0.15, 0.2) is 0 Å². The number of hydrogen-bond acceptors (Lipinski definition) is 3. The Morgan fingerprint density at radius 3 is 2.76 bits per heavy atom. The second-order valence-corrected chi connectivity index (χ2v) is 4.50. The van der Waals surface area contributed by atoms with E-state index in [2.05, 4.69) is 5.10 Å². The Bertz CT molecular complexity index is 392. The number of ketones is 1. The molecule has 0 aromatic carbocycles. The predicted octanol–water partition coefficient (Wildman–Crippen LogP) is 2.44. The second-order valence-electron chi connectivity index (χ2n) is 4.50. The predicted molar refractivity (Wildman–Crippen MR) is 65.1 cm³/mol. The van der Waals surface area contributed by atoms with Crippen molar-refractivity contribution in [3.8, 4) is 0 Å². The van der Waals surface area contributed by atoms with E-state index < -0.39 is 5.60 Å². The lowest BCUT2D eigenvalue weighted by Crippen LogP contribution is -2.40. The molecule has 0 aliphatic heterocycles. The fourth-order valence-corrected chi connectivity index (χ4v) is 2.67. The topological polar surface area (TPSA) is 44.1 Å². The molecule has 2 rings (SSSR count). The number of carbonyl (C=O) groups is 1. The first-order chi connectivity index (χ1) is 8.23. The summed E-state index contributed by atoms with van der Waals surface area (Å²) in [6, 6.07) is 1.80. The van der Waals surface area contributed by atoms with E-state index in [1.54, 1.807) is 16.9 Å². The van der Waals surface area contributed by atoms with Crippen LogP contribution in [0.25, 0.3) is 0 Å². The van der Waals surface area contributed by atoms with Gasteiger partial charge in [-0.1, -0.05) is 0 Å². The summed E-state index contributed by atoms with van der Waals surface area (Å²) in [6.45, 7) is 5.25. The molecule has 0 amide bonds. The molecule has 1 aromatic rings. The minimum atomic E-state index is -0.582. The third-order valence-corrected chi connectivity index (χ3v) is 3.49. The van der Waals surface area contributed by atoms with E-state index in [1.807, 2.05) is 13.8 Å². The number of aromatic nitrogens is 2. The molecule has 1 heterocycles. The highest BCUT2D eigenvalue weighted by atomic mass is 16.5. The van der Waals surface area contributed by atoms with Gasteiger partial charge in [-0.05, 0) is 45.6 Å². The molecule has 17 heavy (non-hydrogen) atoms. The summed E-state index contributed by atoms with van der Waals surface area (Å²) in [5.41, 5.74) is 0.102. The van der Waals surface area contributed by atoms with Gasteiger partial charge in [0.25, 0.3) is 0 Å². The molecule has 0 unspecified atom stereocenters. The van der Waals surface area contributed by atoms with Crippen LogP contribution in [0.15, 0.2) is 12.3 Å². The lowest BCUT2D eigenvalue weighted by atomic mass is 9.93.